The normalized spacial score (nSPS) is 11.3. The summed E-state index contributed by atoms with van der Waals surface area (Å²) < 4.78 is 5.88. The maximum Gasteiger partial charge on any atom is 0.263 e. The van der Waals surface area contributed by atoms with Gasteiger partial charge >= 0.3 is 0 Å². The minimum atomic E-state index is -0.472. The van der Waals surface area contributed by atoms with Gasteiger partial charge in [0.05, 0.1) is 5.92 Å². The van der Waals surface area contributed by atoms with Crippen LogP contribution in [0.25, 0.3) is 10.8 Å². The van der Waals surface area contributed by atoms with Crippen LogP contribution in [0.1, 0.15) is 37.8 Å². The van der Waals surface area contributed by atoms with Crippen molar-refractivity contribution in [3.8, 4) is 5.75 Å². The van der Waals surface area contributed by atoms with Crippen LogP contribution in [-0.2, 0) is 9.59 Å². The molecule has 0 heterocycles. The molecule has 0 bridgehead atoms. The number of carbonyl (C=O) groups is 2. The van der Waals surface area contributed by atoms with Crippen LogP contribution in [0.15, 0.2) is 103 Å². The summed E-state index contributed by atoms with van der Waals surface area (Å²) in [5.41, 5.74) is 2.06. The van der Waals surface area contributed by atoms with Gasteiger partial charge in [0.1, 0.15) is 5.75 Å². The van der Waals surface area contributed by atoms with Crippen LogP contribution in [0.2, 0.25) is 0 Å². The number of carbonyl (C=O) groups excluding carboxylic acids is 2. The van der Waals surface area contributed by atoms with E-state index in [9.17, 15) is 9.59 Å². The van der Waals surface area contributed by atoms with Gasteiger partial charge in [-0.05, 0) is 43.4 Å². The Morgan fingerprint density at radius 2 is 1.18 bits per heavy atom. The molecular formula is C33H38N2O3. The first kappa shape index (κ1) is 28.5. The van der Waals surface area contributed by atoms with Gasteiger partial charge in [0.2, 0.25) is 5.91 Å². The lowest BCUT2D eigenvalue weighted by molar-refractivity contribution is -0.137. The lowest BCUT2D eigenvalue weighted by atomic mass is 9.90. The van der Waals surface area contributed by atoms with E-state index in [1.54, 1.807) is 23.9 Å². The highest BCUT2D eigenvalue weighted by atomic mass is 16.5. The predicted octanol–water partition coefficient (Wildman–Crippen LogP) is 6.38. The van der Waals surface area contributed by atoms with E-state index >= 15 is 0 Å². The van der Waals surface area contributed by atoms with Crippen molar-refractivity contribution in [3.05, 3.63) is 114 Å². The van der Waals surface area contributed by atoms with Gasteiger partial charge in [-0.1, -0.05) is 97.1 Å². The number of rotatable bonds is 8. The maximum atomic E-state index is 12.4. The minimum absolute atomic E-state index is 0.0305. The average Bonchev–Trinajstić information content (AvgIpc) is 2.95. The molecule has 0 aliphatic rings. The van der Waals surface area contributed by atoms with Crippen LogP contribution in [0.5, 0.6) is 5.75 Å². The fraction of sp³-hybridized carbons (Fsp3) is 0.273. The highest BCUT2D eigenvalue weighted by Gasteiger charge is 2.23. The lowest BCUT2D eigenvalue weighted by Crippen LogP contribution is -2.40. The van der Waals surface area contributed by atoms with Crippen molar-refractivity contribution in [3.63, 3.8) is 0 Å². The second-order valence-corrected chi connectivity index (χ2v) is 9.23. The fourth-order valence-corrected chi connectivity index (χ4v) is 4.36. The predicted molar refractivity (Wildman–Crippen MR) is 155 cm³/mol. The van der Waals surface area contributed by atoms with E-state index in [2.05, 4.69) is 0 Å². The first-order chi connectivity index (χ1) is 18.4. The summed E-state index contributed by atoms with van der Waals surface area (Å²) in [7, 11) is 3.59. The average molecular weight is 511 g/mol. The molecule has 0 aromatic heterocycles. The topological polar surface area (TPSA) is 49.9 Å². The zero-order valence-electron chi connectivity index (χ0n) is 23.0. The van der Waals surface area contributed by atoms with Crippen molar-refractivity contribution in [2.24, 2.45) is 0 Å². The second kappa shape index (κ2) is 14.0. The molecule has 0 spiro atoms. The number of amides is 2. The molecule has 1 unspecified atom stereocenters. The molecule has 0 saturated heterocycles. The minimum Gasteiger partial charge on any atom is -0.480 e. The van der Waals surface area contributed by atoms with Gasteiger partial charge in [0, 0.05) is 32.6 Å². The Morgan fingerprint density at radius 1 is 0.684 bits per heavy atom. The Morgan fingerprint density at radius 3 is 1.71 bits per heavy atom. The molecule has 4 aromatic rings. The summed E-state index contributed by atoms with van der Waals surface area (Å²) >= 11 is 0. The molecule has 2 amide bonds. The van der Waals surface area contributed by atoms with E-state index < -0.39 is 6.10 Å². The van der Waals surface area contributed by atoms with E-state index in [1.165, 1.54) is 0 Å². The van der Waals surface area contributed by atoms with Crippen molar-refractivity contribution < 1.29 is 14.3 Å². The zero-order valence-corrected chi connectivity index (χ0v) is 23.0. The summed E-state index contributed by atoms with van der Waals surface area (Å²) in [6.07, 6.45) is -0.472. The molecular weight excluding hydrogens is 472 g/mol. The SMILES string of the molecule is CCN(CC)C(=O)C(C)Oc1cccc2ccccc12.CN(C)C(=O)C(c1ccccc1)c1ccccc1. The molecule has 1 atom stereocenters. The Bertz CT molecular complexity index is 1260. The van der Waals surface area contributed by atoms with Crippen molar-refractivity contribution >= 4 is 22.6 Å². The molecule has 4 rings (SSSR count). The van der Waals surface area contributed by atoms with E-state index in [0.717, 1.165) is 27.6 Å². The number of hydrogen-bond donors (Lipinski definition) is 0. The van der Waals surface area contributed by atoms with Crippen LogP contribution < -0.4 is 4.74 Å². The molecule has 4 aromatic carbocycles. The van der Waals surface area contributed by atoms with Crippen molar-refractivity contribution in [1.82, 2.24) is 9.80 Å². The first-order valence-corrected chi connectivity index (χ1v) is 13.1. The van der Waals surface area contributed by atoms with Crippen LogP contribution in [0.3, 0.4) is 0 Å². The third kappa shape index (κ3) is 7.22. The molecule has 5 heteroatoms. The summed E-state index contributed by atoms with van der Waals surface area (Å²) in [6.45, 7) is 7.18. The number of fused-ring (bicyclic) bond motifs is 1. The fourth-order valence-electron chi connectivity index (χ4n) is 4.36. The monoisotopic (exact) mass is 510 g/mol. The van der Waals surface area contributed by atoms with Gasteiger partial charge < -0.3 is 14.5 Å². The quantitative estimate of drug-likeness (QED) is 0.276. The first-order valence-electron chi connectivity index (χ1n) is 13.1. The number of hydrogen-bond acceptors (Lipinski definition) is 3. The van der Waals surface area contributed by atoms with E-state index in [-0.39, 0.29) is 17.7 Å². The highest BCUT2D eigenvalue weighted by molar-refractivity contribution is 5.89. The Labute approximate surface area is 226 Å². The molecule has 0 fully saturated rings. The summed E-state index contributed by atoms with van der Waals surface area (Å²) in [4.78, 5) is 28.0. The molecule has 38 heavy (non-hydrogen) atoms. The van der Waals surface area contributed by atoms with Crippen LogP contribution in [0.4, 0.5) is 0 Å². The molecule has 0 aliphatic carbocycles. The molecule has 5 nitrogen and oxygen atoms in total. The van der Waals surface area contributed by atoms with Gasteiger partial charge in [-0.25, -0.2) is 0 Å². The van der Waals surface area contributed by atoms with Gasteiger partial charge in [-0.15, -0.1) is 0 Å². The summed E-state index contributed by atoms with van der Waals surface area (Å²) in [5, 5.41) is 2.15. The van der Waals surface area contributed by atoms with Crippen molar-refractivity contribution in [1.29, 1.82) is 0 Å². The van der Waals surface area contributed by atoms with Crippen molar-refractivity contribution in [2.45, 2.75) is 32.8 Å². The zero-order chi connectivity index (χ0) is 27.5. The van der Waals surface area contributed by atoms with E-state index in [0.29, 0.717) is 13.1 Å². The molecule has 0 aliphatic heterocycles. The Hall–Kier alpha value is -4.12. The summed E-state index contributed by atoms with van der Waals surface area (Å²) in [6, 6.07) is 33.7. The molecule has 0 radical (unpaired) electrons. The van der Waals surface area contributed by atoms with Crippen LogP contribution >= 0.6 is 0 Å². The maximum absolute atomic E-state index is 12.4. The standard InChI is InChI=1S/C17H21NO2.C16H17NO/c1-4-18(5-2)17(19)13(3)20-16-12-8-10-14-9-6-7-11-15(14)16;1-17(2)16(18)15(13-9-5-3-6-10-13)14-11-7-4-8-12-14/h6-13H,4-5H2,1-3H3;3-12,15H,1-2H3. The molecule has 0 N–H and O–H groups in total. The van der Waals surface area contributed by atoms with Crippen LogP contribution in [0, 0.1) is 0 Å². The van der Waals surface area contributed by atoms with Crippen LogP contribution in [-0.4, -0.2) is 54.9 Å². The summed E-state index contributed by atoms with van der Waals surface area (Å²) in [5.74, 6) is 0.675. The smallest absolute Gasteiger partial charge is 0.263 e. The highest BCUT2D eigenvalue weighted by Crippen LogP contribution is 2.27. The number of nitrogens with zero attached hydrogens (tertiary/aromatic N) is 2. The lowest BCUT2D eigenvalue weighted by Gasteiger charge is -2.23. The van der Waals surface area contributed by atoms with Gasteiger partial charge in [-0.2, -0.15) is 0 Å². The van der Waals surface area contributed by atoms with E-state index in [1.807, 2.05) is 124 Å². The number of ether oxygens (including phenoxy) is 1. The van der Waals surface area contributed by atoms with Gasteiger partial charge in [0.25, 0.3) is 5.91 Å². The number of benzene rings is 4. The van der Waals surface area contributed by atoms with E-state index in [4.69, 9.17) is 4.74 Å². The largest absolute Gasteiger partial charge is 0.480 e. The van der Waals surface area contributed by atoms with Crippen molar-refractivity contribution in [2.75, 3.05) is 27.2 Å². The third-order valence-corrected chi connectivity index (χ3v) is 6.43. The van der Waals surface area contributed by atoms with Gasteiger partial charge in [0.15, 0.2) is 6.10 Å². The molecule has 198 valence electrons. The van der Waals surface area contributed by atoms with Gasteiger partial charge in [-0.3, -0.25) is 9.59 Å². The third-order valence-electron chi connectivity index (χ3n) is 6.43. The Kier molecular flexibility index (Phi) is 10.5. The Balaban J connectivity index is 0.000000212. The molecule has 0 saturated carbocycles. The second-order valence-electron chi connectivity index (χ2n) is 9.23. The number of likely N-dealkylation sites (N-methyl/N-ethyl adjacent to an activating group) is 2.